The molecule has 0 aromatic carbocycles. The van der Waals surface area contributed by atoms with Gasteiger partial charge in [-0.2, -0.15) is 0 Å². The Balaban J connectivity index is 0.939. The van der Waals surface area contributed by atoms with Gasteiger partial charge in [0.2, 0.25) is 0 Å². The molecule has 0 N–H and O–H groups in total. The zero-order valence-electron chi connectivity index (χ0n) is 37.2. The van der Waals surface area contributed by atoms with E-state index in [1.165, 1.54) is 23.5 Å². The number of allylic oxidation sites excluding steroid dienone is 2. The molecule has 14 heteroatoms. The SMILES string of the molecule is Cc1nnc(C(C)C)n1C1CC2CCC(C1)N2C/C(=C\Cn1ccc(=O)n(C/C=C(\CN2C3CCC2CC(n2c(C)nnc2C(C)C)C3)c2cccnc2)c1=O)c1cccnc1. The highest BCUT2D eigenvalue weighted by Gasteiger charge is 2.44. The highest BCUT2D eigenvalue weighted by molar-refractivity contribution is 5.67. The van der Waals surface area contributed by atoms with Crippen molar-refractivity contribution in [3.05, 3.63) is 129 Å². The Labute approximate surface area is 364 Å². The Morgan fingerprint density at radius 1 is 0.629 bits per heavy atom. The van der Waals surface area contributed by atoms with Crippen LogP contribution in [0.2, 0.25) is 0 Å². The van der Waals surface area contributed by atoms with Crippen LogP contribution in [0, 0.1) is 13.8 Å². The lowest BCUT2D eigenvalue weighted by Crippen LogP contribution is -2.44. The maximum atomic E-state index is 14.2. The number of hydrogen-bond donors (Lipinski definition) is 0. The smallest absolute Gasteiger partial charge is 0.312 e. The van der Waals surface area contributed by atoms with Crippen LogP contribution in [-0.2, 0) is 13.1 Å². The van der Waals surface area contributed by atoms with E-state index in [1.54, 1.807) is 23.2 Å². The highest BCUT2D eigenvalue weighted by Crippen LogP contribution is 2.44. The van der Waals surface area contributed by atoms with Crippen LogP contribution in [0.25, 0.3) is 11.1 Å². The number of nitrogens with zero attached hydrogens (tertiary/aromatic N) is 12. The molecule has 4 aliphatic heterocycles. The summed E-state index contributed by atoms with van der Waals surface area (Å²) in [7, 11) is 0. The second kappa shape index (κ2) is 17.8. The van der Waals surface area contributed by atoms with Gasteiger partial charge in [-0.05, 0) is 99.6 Å². The van der Waals surface area contributed by atoms with Gasteiger partial charge < -0.3 is 9.13 Å². The standard InChI is InChI=1S/C48H62N12O2/c1-31(2)46-53-51-33(5)59(46)43-23-39-11-12-40(24-43)57(39)29-37(35-9-7-18-49-27-35)15-20-55-21-17-45(61)56(48(55)62)22-16-38(36-10-8-19-50-28-36)30-58-41-13-14-42(58)26-44(25-41)60-34(6)52-54-47(60)32(3)4/h7-10,15-19,21,27-28,31-32,39-44H,11-14,20,22-26,29-30H2,1-6H3/b37-15+,38-16+. The summed E-state index contributed by atoms with van der Waals surface area (Å²) in [5.74, 6) is 4.78. The highest BCUT2D eigenvalue weighted by atomic mass is 16.2. The molecule has 62 heavy (non-hydrogen) atoms. The molecule has 4 saturated heterocycles. The summed E-state index contributed by atoms with van der Waals surface area (Å²) in [6, 6.07) is 12.1. The number of aromatic nitrogens is 10. The maximum Gasteiger partial charge on any atom is 0.331 e. The fourth-order valence-electron chi connectivity index (χ4n) is 11.2. The molecule has 4 unspecified atom stereocenters. The first-order chi connectivity index (χ1) is 30.0. The number of piperidine rings is 2. The van der Waals surface area contributed by atoms with Crippen molar-refractivity contribution < 1.29 is 0 Å². The lowest BCUT2D eigenvalue weighted by atomic mass is 9.94. The first kappa shape index (κ1) is 42.0. The van der Waals surface area contributed by atoms with Crippen molar-refractivity contribution in [2.24, 2.45) is 0 Å². The van der Waals surface area contributed by atoms with Crippen molar-refractivity contribution in [3.63, 3.8) is 0 Å². The van der Waals surface area contributed by atoms with E-state index in [2.05, 4.69) is 115 Å². The zero-order chi connectivity index (χ0) is 43.1. The fourth-order valence-corrected chi connectivity index (χ4v) is 11.2. The van der Waals surface area contributed by atoms with Crippen LogP contribution >= 0.6 is 0 Å². The summed E-state index contributed by atoms with van der Waals surface area (Å²) < 4.78 is 7.81. The van der Waals surface area contributed by atoms with Crippen molar-refractivity contribution in [2.45, 2.75) is 154 Å². The minimum Gasteiger partial charge on any atom is -0.312 e. The van der Waals surface area contributed by atoms with Gasteiger partial charge in [0.05, 0.1) is 0 Å². The van der Waals surface area contributed by atoms with E-state index in [0.717, 1.165) is 97.2 Å². The first-order valence-electron chi connectivity index (χ1n) is 22.9. The Kier molecular flexibility index (Phi) is 12.1. The van der Waals surface area contributed by atoms with E-state index < -0.39 is 0 Å². The molecule has 0 saturated carbocycles. The van der Waals surface area contributed by atoms with Gasteiger partial charge in [0, 0.05) is 111 Å². The van der Waals surface area contributed by atoms with E-state index >= 15 is 0 Å². The number of fused-ring (bicyclic) bond motifs is 4. The van der Waals surface area contributed by atoms with Crippen LogP contribution in [0.15, 0.2) is 83.1 Å². The molecular weight excluding hydrogens is 777 g/mol. The molecule has 0 aliphatic carbocycles. The van der Waals surface area contributed by atoms with E-state index in [1.807, 2.05) is 24.5 Å². The molecule has 0 radical (unpaired) electrons. The van der Waals surface area contributed by atoms with E-state index in [0.29, 0.717) is 54.6 Å². The molecule has 9 heterocycles. The molecule has 4 bridgehead atoms. The quantitative estimate of drug-likeness (QED) is 0.118. The molecular formula is C48H62N12O2. The van der Waals surface area contributed by atoms with Crippen LogP contribution < -0.4 is 11.2 Å². The summed E-state index contributed by atoms with van der Waals surface area (Å²) in [5.41, 5.74) is 3.65. The van der Waals surface area contributed by atoms with Gasteiger partial charge in [-0.3, -0.25) is 33.7 Å². The van der Waals surface area contributed by atoms with Gasteiger partial charge in [-0.1, -0.05) is 52.0 Å². The van der Waals surface area contributed by atoms with E-state index in [4.69, 9.17) is 0 Å². The predicted octanol–water partition coefficient (Wildman–Crippen LogP) is 6.75. The summed E-state index contributed by atoms with van der Waals surface area (Å²) in [5, 5.41) is 18.0. The first-order valence-corrected chi connectivity index (χ1v) is 22.9. The normalized spacial score (nSPS) is 24.5. The van der Waals surface area contributed by atoms with Crippen molar-refractivity contribution in [2.75, 3.05) is 13.1 Å². The molecule has 14 nitrogen and oxygen atoms in total. The lowest BCUT2D eigenvalue weighted by Gasteiger charge is -2.40. The van der Waals surface area contributed by atoms with Crippen LogP contribution in [-0.4, -0.2) is 95.7 Å². The average molecular weight is 839 g/mol. The second-order valence-electron chi connectivity index (χ2n) is 18.8. The number of rotatable bonds is 14. The largest absolute Gasteiger partial charge is 0.331 e. The Morgan fingerprint density at radius 2 is 1.08 bits per heavy atom. The van der Waals surface area contributed by atoms with Gasteiger partial charge >= 0.3 is 5.69 Å². The van der Waals surface area contributed by atoms with Crippen molar-refractivity contribution >= 4 is 11.1 Å². The molecule has 4 fully saturated rings. The van der Waals surface area contributed by atoms with Crippen molar-refractivity contribution in [3.8, 4) is 0 Å². The van der Waals surface area contributed by atoms with Crippen molar-refractivity contribution in [1.29, 1.82) is 0 Å². The Hall–Kier alpha value is -5.34. The third kappa shape index (κ3) is 8.31. The third-order valence-corrected chi connectivity index (χ3v) is 14.2. The van der Waals surface area contributed by atoms with Crippen LogP contribution in [0.5, 0.6) is 0 Å². The van der Waals surface area contributed by atoms with Crippen LogP contribution in [0.3, 0.4) is 0 Å². The summed E-state index contributed by atoms with van der Waals surface area (Å²) >= 11 is 0. The van der Waals surface area contributed by atoms with Gasteiger partial charge in [0.25, 0.3) is 5.56 Å². The monoisotopic (exact) mass is 839 g/mol. The Morgan fingerprint density at radius 3 is 1.50 bits per heavy atom. The summed E-state index contributed by atoms with van der Waals surface area (Å²) in [4.78, 5) is 41.9. The summed E-state index contributed by atoms with van der Waals surface area (Å²) in [6.07, 6.45) is 22.1. The molecule has 4 atom stereocenters. The van der Waals surface area contributed by atoms with E-state index in [9.17, 15) is 9.59 Å². The van der Waals surface area contributed by atoms with E-state index in [-0.39, 0.29) is 17.8 Å². The predicted molar refractivity (Wildman–Crippen MR) is 241 cm³/mol. The van der Waals surface area contributed by atoms with Gasteiger partial charge in [-0.25, -0.2) is 4.79 Å². The van der Waals surface area contributed by atoms with Crippen molar-refractivity contribution in [1.82, 2.24) is 58.4 Å². The number of aryl methyl sites for hydroxylation is 2. The van der Waals surface area contributed by atoms with Gasteiger partial charge in [0.1, 0.15) is 23.3 Å². The van der Waals surface area contributed by atoms with Gasteiger partial charge in [-0.15, -0.1) is 20.4 Å². The average Bonchev–Trinajstić information content (AvgIpc) is 3.98. The summed E-state index contributed by atoms with van der Waals surface area (Å²) in [6.45, 7) is 14.9. The molecule has 5 aromatic rings. The van der Waals surface area contributed by atoms with Gasteiger partial charge in [0.15, 0.2) is 0 Å². The van der Waals surface area contributed by atoms with Crippen LogP contribution in [0.4, 0.5) is 0 Å². The molecule has 0 spiro atoms. The molecule has 326 valence electrons. The Bertz CT molecular complexity index is 2500. The third-order valence-electron chi connectivity index (χ3n) is 14.2. The molecule has 5 aromatic heterocycles. The van der Waals surface area contributed by atoms with Crippen LogP contribution in [0.1, 0.15) is 137 Å². The number of hydrogen-bond acceptors (Lipinski definition) is 10. The molecule has 4 aliphatic rings. The molecule has 0 amide bonds. The minimum atomic E-state index is -0.321. The lowest BCUT2D eigenvalue weighted by molar-refractivity contribution is 0.120. The maximum absolute atomic E-state index is 14.2. The number of pyridine rings is 2. The zero-order valence-corrected chi connectivity index (χ0v) is 37.2. The minimum absolute atomic E-state index is 0.175. The topological polar surface area (TPSA) is 138 Å². The fraction of sp³-hybridized carbons (Fsp3) is 0.542. The second-order valence-corrected chi connectivity index (χ2v) is 18.8. The molecule has 9 rings (SSSR count).